The molecule has 2 rings (SSSR count). The van der Waals surface area contributed by atoms with E-state index >= 15 is 0 Å². The van der Waals surface area contributed by atoms with Crippen LogP contribution in [-0.4, -0.2) is 6.54 Å². The fraction of sp³-hybridized carbons (Fsp3) is 0.333. The van der Waals surface area contributed by atoms with Gasteiger partial charge in [0.05, 0.1) is 11.4 Å². The number of hydrogen-bond acceptors (Lipinski definition) is 2. The average molecular weight is 221 g/mol. The molecule has 1 aromatic carbocycles. The number of anilines is 2. The van der Waals surface area contributed by atoms with E-state index in [2.05, 4.69) is 18.3 Å². The van der Waals surface area contributed by atoms with Crippen LogP contribution in [0.2, 0.25) is 0 Å². The van der Waals surface area contributed by atoms with E-state index in [1.165, 1.54) is 11.1 Å². The summed E-state index contributed by atoms with van der Waals surface area (Å²) in [5.41, 5.74) is 10.6. The molecule has 0 saturated carbocycles. The molecular weight excluding hydrogens is 207 g/mol. The van der Waals surface area contributed by atoms with Gasteiger partial charge in [-0.3, -0.25) is 0 Å². The molecule has 0 bridgehead atoms. The molecule has 2 nitrogen and oxygen atoms in total. The van der Waals surface area contributed by atoms with Crippen molar-refractivity contribution < 1.29 is 0 Å². The molecule has 3 N–H and O–H groups in total. The lowest BCUT2D eigenvalue weighted by Gasteiger charge is -2.05. The smallest absolute Gasteiger partial charge is 0.0609 e. The lowest BCUT2D eigenvalue weighted by Crippen LogP contribution is -1.95. The molecule has 1 aliphatic heterocycles. The van der Waals surface area contributed by atoms with Gasteiger partial charge in [0, 0.05) is 6.54 Å². The molecule has 0 amide bonds. The standard InChI is InChI=1S/C9H12N2.2ClH/c1-6-2-3-8(10)9-7(6)4-5-11-9;;/h2-3,11H,4-5,10H2,1H3;2*1H. The number of rotatable bonds is 0. The van der Waals surface area contributed by atoms with Crippen LogP contribution in [0.5, 0.6) is 0 Å². The van der Waals surface area contributed by atoms with E-state index in [9.17, 15) is 0 Å². The van der Waals surface area contributed by atoms with Gasteiger partial charge in [0.2, 0.25) is 0 Å². The first-order chi connectivity index (χ1) is 5.29. The van der Waals surface area contributed by atoms with E-state index in [1.807, 2.05) is 6.07 Å². The van der Waals surface area contributed by atoms with E-state index in [-0.39, 0.29) is 24.8 Å². The van der Waals surface area contributed by atoms with Crippen LogP contribution in [0, 0.1) is 6.92 Å². The van der Waals surface area contributed by atoms with E-state index in [0.717, 1.165) is 24.3 Å². The Morgan fingerprint density at radius 1 is 1.31 bits per heavy atom. The number of aryl methyl sites for hydroxylation is 1. The molecule has 13 heavy (non-hydrogen) atoms. The normalized spacial score (nSPS) is 12.1. The van der Waals surface area contributed by atoms with Crippen molar-refractivity contribution in [3.63, 3.8) is 0 Å². The zero-order valence-electron chi connectivity index (χ0n) is 7.46. The Bertz CT molecular complexity index is 271. The van der Waals surface area contributed by atoms with Crippen molar-refractivity contribution in [2.24, 2.45) is 0 Å². The van der Waals surface area contributed by atoms with Crippen molar-refractivity contribution in [3.8, 4) is 0 Å². The van der Waals surface area contributed by atoms with Gasteiger partial charge in [-0.1, -0.05) is 6.07 Å². The molecule has 1 aliphatic rings. The summed E-state index contributed by atoms with van der Waals surface area (Å²) in [5.74, 6) is 0. The molecule has 0 fully saturated rings. The Morgan fingerprint density at radius 2 is 2.00 bits per heavy atom. The number of hydrogen-bond donors (Lipinski definition) is 2. The van der Waals surface area contributed by atoms with Crippen LogP contribution in [0.1, 0.15) is 11.1 Å². The number of nitrogens with two attached hydrogens (primary N) is 1. The van der Waals surface area contributed by atoms with E-state index in [1.54, 1.807) is 0 Å². The summed E-state index contributed by atoms with van der Waals surface area (Å²) in [5, 5.41) is 3.28. The van der Waals surface area contributed by atoms with Crippen molar-refractivity contribution in [3.05, 3.63) is 23.3 Å². The highest BCUT2D eigenvalue weighted by atomic mass is 35.5. The first-order valence-electron chi connectivity index (χ1n) is 3.91. The van der Waals surface area contributed by atoms with Crippen LogP contribution >= 0.6 is 24.8 Å². The number of nitrogen functional groups attached to an aromatic ring is 1. The summed E-state index contributed by atoms with van der Waals surface area (Å²) in [4.78, 5) is 0. The Hall–Kier alpha value is -0.600. The first kappa shape index (κ1) is 12.4. The van der Waals surface area contributed by atoms with Gasteiger partial charge in [-0.15, -0.1) is 24.8 Å². The first-order valence-corrected chi connectivity index (χ1v) is 3.91. The summed E-state index contributed by atoms with van der Waals surface area (Å²) >= 11 is 0. The summed E-state index contributed by atoms with van der Waals surface area (Å²) < 4.78 is 0. The molecule has 0 spiro atoms. The minimum Gasteiger partial charge on any atom is -0.397 e. The molecule has 0 atom stereocenters. The molecule has 1 aromatic rings. The van der Waals surface area contributed by atoms with Crippen LogP contribution in [0.25, 0.3) is 0 Å². The molecule has 0 saturated heterocycles. The van der Waals surface area contributed by atoms with Crippen molar-refractivity contribution in [2.45, 2.75) is 13.3 Å². The maximum atomic E-state index is 5.78. The maximum absolute atomic E-state index is 5.78. The van der Waals surface area contributed by atoms with Crippen LogP contribution in [0.3, 0.4) is 0 Å². The van der Waals surface area contributed by atoms with Crippen molar-refractivity contribution in [1.29, 1.82) is 0 Å². The largest absolute Gasteiger partial charge is 0.397 e. The Kier molecular flexibility index (Phi) is 4.37. The Balaban J connectivity index is 0.000000720. The number of fused-ring (bicyclic) bond motifs is 1. The molecule has 0 radical (unpaired) electrons. The second-order valence-corrected chi connectivity index (χ2v) is 3.00. The predicted molar refractivity (Wildman–Crippen MR) is 62.3 cm³/mol. The van der Waals surface area contributed by atoms with Crippen LogP contribution in [-0.2, 0) is 6.42 Å². The Labute approximate surface area is 90.7 Å². The Morgan fingerprint density at radius 3 is 2.62 bits per heavy atom. The minimum absolute atomic E-state index is 0. The number of halogens is 2. The molecule has 4 heteroatoms. The van der Waals surface area contributed by atoms with Gasteiger partial charge in [-0.2, -0.15) is 0 Å². The molecular formula is C9H14Cl2N2. The van der Waals surface area contributed by atoms with Gasteiger partial charge in [0.15, 0.2) is 0 Å². The summed E-state index contributed by atoms with van der Waals surface area (Å²) in [6, 6.07) is 4.05. The molecule has 0 unspecified atom stereocenters. The highest BCUT2D eigenvalue weighted by Gasteiger charge is 2.13. The highest BCUT2D eigenvalue weighted by Crippen LogP contribution is 2.30. The van der Waals surface area contributed by atoms with Gasteiger partial charge in [-0.25, -0.2) is 0 Å². The summed E-state index contributed by atoms with van der Waals surface area (Å²) in [7, 11) is 0. The lowest BCUT2D eigenvalue weighted by atomic mass is 10.1. The van der Waals surface area contributed by atoms with E-state index < -0.39 is 0 Å². The monoisotopic (exact) mass is 220 g/mol. The zero-order valence-corrected chi connectivity index (χ0v) is 9.10. The van der Waals surface area contributed by atoms with Gasteiger partial charge >= 0.3 is 0 Å². The lowest BCUT2D eigenvalue weighted by molar-refractivity contribution is 1.09. The zero-order chi connectivity index (χ0) is 7.84. The van der Waals surface area contributed by atoms with Crippen LogP contribution < -0.4 is 11.1 Å². The SMILES string of the molecule is Cc1ccc(N)c2c1CCN2.Cl.Cl. The summed E-state index contributed by atoms with van der Waals surface area (Å²) in [6.07, 6.45) is 1.12. The van der Waals surface area contributed by atoms with Crippen molar-refractivity contribution in [1.82, 2.24) is 0 Å². The van der Waals surface area contributed by atoms with Gasteiger partial charge in [-0.05, 0) is 30.5 Å². The van der Waals surface area contributed by atoms with Crippen LogP contribution in [0.4, 0.5) is 11.4 Å². The number of benzene rings is 1. The second kappa shape index (κ2) is 4.58. The fourth-order valence-corrected chi connectivity index (χ4v) is 1.61. The van der Waals surface area contributed by atoms with Gasteiger partial charge < -0.3 is 11.1 Å². The fourth-order valence-electron chi connectivity index (χ4n) is 1.61. The molecule has 0 aromatic heterocycles. The summed E-state index contributed by atoms with van der Waals surface area (Å²) in [6.45, 7) is 3.16. The molecule has 1 heterocycles. The third-order valence-electron chi connectivity index (χ3n) is 2.26. The minimum atomic E-state index is 0. The highest BCUT2D eigenvalue weighted by molar-refractivity contribution is 5.85. The van der Waals surface area contributed by atoms with Crippen molar-refractivity contribution >= 4 is 36.2 Å². The van der Waals surface area contributed by atoms with E-state index in [4.69, 9.17) is 5.73 Å². The van der Waals surface area contributed by atoms with E-state index in [0.29, 0.717) is 0 Å². The number of nitrogens with one attached hydrogen (secondary N) is 1. The molecule has 0 aliphatic carbocycles. The predicted octanol–water partition coefficient (Wildman–Crippen LogP) is 2.39. The van der Waals surface area contributed by atoms with Gasteiger partial charge in [0.25, 0.3) is 0 Å². The third-order valence-corrected chi connectivity index (χ3v) is 2.26. The quantitative estimate of drug-likeness (QED) is 0.660. The average Bonchev–Trinajstić information content (AvgIpc) is 2.45. The topological polar surface area (TPSA) is 38.0 Å². The third kappa shape index (κ3) is 2.01. The van der Waals surface area contributed by atoms with Crippen molar-refractivity contribution in [2.75, 3.05) is 17.6 Å². The second-order valence-electron chi connectivity index (χ2n) is 3.00. The van der Waals surface area contributed by atoms with Crippen LogP contribution in [0.15, 0.2) is 12.1 Å². The molecule has 74 valence electrons. The van der Waals surface area contributed by atoms with Gasteiger partial charge in [0.1, 0.15) is 0 Å². The maximum Gasteiger partial charge on any atom is 0.0609 e.